The fraction of sp³-hybridized carbons (Fsp3) is 0.188. The Hall–Kier alpha value is -1.71. The Labute approximate surface area is 133 Å². The predicted molar refractivity (Wildman–Crippen MR) is 88.1 cm³/mol. The number of aliphatic imine (C=N–C) groups is 1. The maximum Gasteiger partial charge on any atom is 0.0948 e. The molecule has 0 unspecified atom stereocenters. The van der Waals surface area contributed by atoms with Crippen LogP contribution < -0.4 is 0 Å². The molecule has 0 amide bonds. The molecule has 3 rings (SSSR count). The van der Waals surface area contributed by atoms with E-state index in [1.54, 1.807) is 6.07 Å². The highest BCUT2D eigenvalue weighted by Crippen LogP contribution is 2.32. The van der Waals surface area contributed by atoms with E-state index in [0.717, 1.165) is 29.1 Å². The van der Waals surface area contributed by atoms with Crippen molar-refractivity contribution in [3.05, 3.63) is 51.6 Å². The number of nitrogens with zero attached hydrogens (tertiary/aromatic N) is 3. The predicted octanol–water partition coefficient (Wildman–Crippen LogP) is 4.70. The van der Waals surface area contributed by atoms with Gasteiger partial charge in [0.15, 0.2) is 0 Å². The minimum Gasteiger partial charge on any atom is -0.285 e. The van der Waals surface area contributed by atoms with Gasteiger partial charge >= 0.3 is 0 Å². The van der Waals surface area contributed by atoms with Crippen molar-refractivity contribution in [3.8, 4) is 11.3 Å². The quantitative estimate of drug-likeness (QED) is 0.805. The third-order valence-corrected chi connectivity index (χ3v) is 4.31. The molecular formula is C16H13Cl2N3. The minimum absolute atomic E-state index is 0.496. The fourth-order valence-corrected chi connectivity index (χ4v) is 2.82. The van der Waals surface area contributed by atoms with E-state index >= 15 is 0 Å². The van der Waals surface area contributed by atoms with Gasteiger partial charge in [0.25, 0.3) is 0 Å². The van der Waals surface area contributed by atoms with E-state index in [1.165, 1.54) is 5.57 Å². The second-order valence-corrected chi connectivity index (χ2v) is 5.75. The average Bonchev–Trinajstić information content (AvgIpc) is 2.82. The number of benzene rings is 1. The number of allylic oxidation sites excluding steroid dienone is 1. The van der Waals surface area contributed by atoms with Crippen molar-refractivity contribution >= 4 is 34.5 Å². The van der Waals surface area contributed by atoms with Gasteiger partial charge in [0.05, 0.1) is 28.0 Å². The summed E-state index contributed by atoms with van der Waals surface area (Å²) in [5.74, 6) is 0. The molecule has 0 atom stereocenters. The molecule has 0 saturated heterocycles. The van der Waals surface area contributed by atoms with E-state index in [1.807, 2.05) is 31.2 Å². The van der Waals surface area contributed by atoms with Gasteiger partial charge in [0, 0.05) is 16.8 Å². The van der Waals surface area contributed by atoms with Crippen molar-refractivity contribution in [1.29, 1.82) is 0 Å². The molecule has 0 fully saturated rings. The number of hydrogen-bond acceptors (Lipinski definition) is 3. The van der Waals surface area contributed by atoms with Crippen LogP contribution in [0.1, 0.15) is 19.5 Å². The van der Waals surface area contributed by atoms with Crippen molar-refractivity contribution in [2.45, 2.75) is 13.8 Å². The van der Waals surface area contributed by atoms with Crippen LogP contribution in [-0.4, -0.2) is 22.5 Å². The van der Waals surface area contributed by atoms with Crippen LogP contribution >= 0.6 is 23.2 Å². The monoisotopic (exact) mass is 317 g/mol. The van der Waals surface area contributed by atoms with Gasteiger partial charge in [-0.05, 0) is 37.6 Å². The molecular weight excluding hydrogens is 305 g/mol. The van der Waals surface area contributed by atoms with Crippen LogP contribution in [0.3, 0.4) is 0 Å². The number of rotatable bonds is 2. The van der Waals surface area contributed by atoms with Crippen LogP contribution in [0.2, 0.25) is 10.0 Å². The lowest BCUT2D eigenvalue weighted by molar-refractivity contribution is 1.02. The van der Waals surface area contributed by atoms with Crippen molar-refractivity contribution in [3.63, 3.8) is 0 Å². The van der Waals surface area contributed by atoms with Gasteiger partial charge in [0.1, 0.15) is 0 Å². The van der Waals surface area contributed by atoms with Crippen molar-refractivity contribution < 1.29 is 0 Å². The zero-order valence-electron chi connectivity index (χ0n) is 11.7. The zero-order chi connectivity index (χ0) is 15.0. The molecule has 1 aromatic heterocycles. The Kier molecular flexibility index (Phi) is 3.79. The van der Waals surface area contributed by atoms with E-state index in [-0.39, 0.29) is 0 Å². The lowest BCUT2D eigenvalue weighted by atomic mass is 10.0. The minimum atomic E-state index is 0.496. The molecule has 3 nitrogen and oxygen atoms in total. The zero-order valence-corrected chi connectivity index (χ0v) is 13.2. The van der Waals surface area contributed by atoms with Crippen LogP contribution in [0.4, 0.5) is 0 Å². The Morgan fingerprint density at radius 1 is 0.952 bits per heavy atom. The Morgan fingerprint density at radius 3 is 2.29 bits per heavy atom. The van der Waals surface area contributed by atoms with E-state index in [0.29, 0.717) is 15.7 Å². The first kappa shape index (κ1) is 14.2. The molecule has 0 bridgehead atoms. The molecule has 21 heavy (non-hydrogen) atoms. The second-order valence-electron chi connectivity index (χ2n) is 4.96. The number of halogens is 2. The summed E-state index contributed by atoms with van der Waals surface area (Å²) < 4.78 is 0. The Balaban J connectivity index is 2.01. The lowest BCUT2D eigenvalue weighted by Crippen LogP contribution is -2.00. The molecule has 0 N–H and O–H groups in total. The van der Waals surface area contributed by atoms with E-state index in [9.17, 15) is 0 Å². The molecule has 1 aliphatic heterocycles. The molecule has 2 aromatic rings. The van der Waals surface area contributed by atoms with Gasteiger partial charge < -0.3 is 0 Å². The van der Waals surface area contributed by atoms with Crippen molar-refractivity contribution in [1.82, 2.24) is 10.2 Å². The van der Waals surface area contributed by atoms with Crippen LogP contribution in [0.25, 0.3) is 16.8 Å². The highest BCUT2D eigenvalue weighted by molar-refractivity contribution is 6.43. The van der Waals surface area contributed by atoms with Gasteiger partial charge in [-0.25, -0.2) is 0 Å². The summed E-state index contributed by atoms with van der Waals surface area (Å²) in [5.41, 5.74) is 5.65. The van der Waals surface area contributed by atoms with Crippen LogP contribution in [-0.2, 0) is 0 Å². The molecule has 0 aliphatic carbocycles. The summed E-state index contributed by atoms with van der Waals surface area (Å²) in [4.78, 5) is 4.42. The molecule has 1 aromatic carbocycles. The van der Waals surface area contributed by atoms with Gasteiger partial charge in [-0.2, -0.15) is 0 Å². The van der Waals surface area contributed by atoms with E-state index in [4.69, 9.17) is 23.2 Å². The first-order chi connectivity index (χ1) is 10.1. The summed E-state index contributed by atoms with van der Waals surface area (Å²) >= 11 is 12.2. The van der Waals surface area contributed by atoms with Crippen LogP contribution in [0, 0.1) is 0 Å². The third-order valence-electron chi connectivity index (χ3n) is 3.49. The summed E-state index contributed by atoms with van der Waals surface area (Å²) in [6, 6.07) is 9.33. The number of hydrogen-bond donors (Lipinski definition) is 0. The van der Waals surface area contributed by atoms with E-state index in [2.05, 4.69) is 22.1 Å². The molecule has 2 heterocycles. The Morgan fingerprint density at radius 2 is 1.67 bits per heavy atom. The average molecular weight is 318 g/mol. The smallest absolute Gasteiger partial charge is 0.0948 e. The summed E-state index contributed by atoms with van der Waals surface area (Å²) in [6.45, 7) is 4.80. The topological polar surface area (TPSA) is 38.1 Å². The summed E-state index contributed by atoms with van der Waals surface area (Å²) in [5, 5.41) is 9.61. The first-order valence-electron chi connectivity index (χ1n) is 6.57. The highest BCUT2D eigenvalue weighted by Gasteiger charge is 2.17. The fourth-order valence-electron chi connectivity index (χ4n) is 2.42. The normalized spacial score (nSPS) is 14.6. The van der Waals surface area contributed by atoms with Crippen LogP contribution in [0.15, 0.2) is 40.9 Å². The van der Waals surface area contributed by atoms with Crippen molar-refractivity contribution in [2.75, 3.05) is 6.54 Å². The van der Waals surface area contributed by atoms with Crippen molar-refractivity contribution in [2.24, 2.45) is 4.99 Å². The molecule has 106 valence electrons. The standard InChI is InChI=1S/C16H13Cl2N3/c1-9-8-19-10(2)15(9)14-7-6-13(20-21-14)11-4-3-5-12(17)16(11)18/h3-7H,8H2,1-2H3. The molecule has 0 saturated carbocycles. The molecule has 0 spiro atoms. The lowest BCUT2D eigenvalue weighted by Gasteiger charge is -2.07. The summed E-state index contributed by atoms with van der Waals surface area (Å²) in [6.07, 6.45) is 0. The van der Waals surface area contributed by atoms with Gasteiger partial charge in [0.2, 0.25) is 0 Å². The van der Waals surface area contributed by atoms with Gasteiger partial charge in [-0.3, -0.25) is 4.99 Å². The number of aromatic nitrogens is 2. The largest absolute Gasteiger partial charge is 0.285 e. The summed E-state index contributed by atoms with van der Waals surface area (Å²) in [7, 11) is 0. The second kappa shape index (κ2) is 5.58. The molecule has 1 aliphatic rings. The van der Waals surface area contributed by atoms with E-state index < -0.39 is 0 Å². The highest BCUT2D eigenvalue weighted by atomic mass is 35.5. The molecule has 0 radical (unpaired) electrons. The van der Waals surface area contributed by atoms with Gasteiger partial charge in [-0.1, -0.05) is 35.3 Å². The van der Waals surface area contributed by atoms with Gasteiger partial charge in [-0.15, -0.1) is 10.2 Å². The Bertz CT molecular complexity index is 762. The first-order valence-corrected chi connectivity index (χ1v) is 7.33. The van der Waals surface area contributed by atoms with Crippen LogP contribution in [0.5, 0.6) is 0 Å². The molecule has 5 heteroatoms. The maximum absolute atomic E-state index is 6.21. The SMILES string of the molecule is CC1=NCC(C)=C1c1ccc(-c2cccc(Cl)c2Cl)nn1. The third kappa shape index (κ3) is 2.59. The maximum atomic E-state index is 6.21.